The number of rotatable bonds is 6. The highest BCUT2D eigenvalue weighted by atomic mass is 28.4. The number of benzene rings is 1. The molecule has 0 saturated carbocycles. The van der Waals surface area contributed by atoms with Gasteiger partial charge in [-0.15, -0.1) is 0 Å². The molecule has 1 unspecified atom stereocenters. The Morgan fingerprint density at radius 1 is 1.30 bits per heavy atom. The Bertz CT molecular complexity index is 733. The van der Waals surface area contributed by atoms with Crippen molar-refractivity contribution >= 4 is 42.5 Å². The van der Waals surface area contributed by atoms with Gasteiger partial charge in [0.25, 0.3) is 0 Å². The summed E-state index contributed by atoms with van der Waals surface area (Å²) < 4.78 is 50.4. The second-order valence-corrected chi connectivity index (χ2v) is 19.5. The molecule has 1 aliphatic heterocycles. The molecule has 1 aromatic rings. The van der Waals surface area contributed by atoms with Crippen molar-refractivity contribution in [3.8, 4) is 0 Å². The van der Waals surface area contributed by atoms with Crippen LogP contribution in [0.1, 0.15) is 19.3 Å². The third kappa shape index (κ3) is 7.63. The SMILES string of the molecule is CN(C(=O)CC(F)(F)F)c1cccc([Si](C)(C)CC[Si]2(C)OCCCC[Si](C)O2)c1. The fourth-order valence-electron chi connectivity index (χ4n) is 3.59. The van der Waals surface area contributed by atoms with Gasteiger partial charge in [0, 0.05) is 19.3 Å². The number of amides is 1. The summed E-state index contributed by atoms with van der Waals surface area (Å²) in [6.45, 7) is 9.65. The van der Waals surface area contributed by atoms with E-state index in [4.69, 9.17) is 8.54 Å². The van der Waals surface area contributed by atoms with Gasteiger partial charge in [-0.25, -0.2) is 0 Å². The van der Waals surface area contributed by atoms with E-state index >= 15 is 0 Å². The third-order valence-corrected chi connectivity index (χ3v) is 15.7. The number of alkyl halides is 3. The van der Waals surface area contributed by atoms with Gasteiger partial charge in [0.05, 0.1) is 8.07 Å². The molecule has 1 radical (unpaired) electrons. The highest BCUT2D eigenvalue weighted by Crippen LogP contribution is 2.27. The van der Waals surface area contributed by atoms with Crippen molar-refractivity contribution in [2.24, 2.45) is 0 Å². The molecule has 1 aromatic carbocycles. The molecule has 1 heterocycles. The number of anilines is 1. The van der Waals surface area contributed by atoms with Crippen LogP contribution < -0.4 is 10.1 Å². The van der Waals surface area contributed by atoms with Gasteiger partial charge >= 0.3 is 14.7 Å². The maximum atomic E-state index is 12.6. The van der Waals surface area contributed by atoms with E-state index in [0.717, 1.165) is 41.2 Å². The van der Waals surface area contributed by atoms with E-state index in [-0.39, 0.29) is 0 Å². The summed E-state index contributed by atoms with van der Waals surface area (Å²) in [6.07, 6.45) is -3.69. The second-order valence-electron chi connectivity index (χ2n) is 8.92. The molecule has 30 heavy (non-hydrogen) atoms. The van der Waals surface area contributed by atoms with E-state index in [1.165, 1.54) is 13.5 Å². The van der Waals surface area contributed by atoms with Gasteiger partial charge in [0.2, 0.25) is 5.91 Å². The predicted molar refractivity (Wildman–Crippen MR) is 122 cm³/mol. The minimum absolute atomic E-state index is 0.503. The minimum Gasteiger partial charge on any atom is -0.436 e. The van der Waals surface area contributed by atoms with Crippen LogP contribution in [0.2, 0.25) is 44.3 Å². The Kier molecular flexibility index (Phi) is 8.53. The van der Waals surface area contributed by atoms with Gasteiger partial charge in [-0.05, 0) is 43.7 Å². The number of halogens is 3. The van der Waals surface area contributed by atoms with Crippen LogP contribution in [-0.4, -0.2) is 51.4 Å². The van der Waals surface area contributed by atoms with Gasteiger partial charge < -0.3 is 13.4 Å². The van der Waals surface area contributed by atoms with Gasteiger partial charge in [0.15, 0.2) is 9.04 Å². The second kappa shape index (κ2) is 10.1. The first kappa shape index (κ1) is 25.3. The number of nitrogens with zero attached hydrogens (tertiary/aromatic N) is 1. The summed E-state index contributed by atoms with van der Waals surface area (Å²) in [4.78, 5) is 13.1. The van der Waals surface area contributed by atoms with E-state index in [0.29, 0.717) is 5.69 Å². The molecule has 2 rings (SSSR count). The van der Waals surface area contributed by atoms with E-state index in [9.17, 15) is 18.0 Å². The normalized spacial score (nSPS) is 21.7. The van der Waals surface area contributed by atoms with E-state index < -0.39 is 44.2 Å². The molecule has 0 spiro atoms. The van der Waals surface area contributed by atoms with Gasteiger partial charge in [-0.1, -0.05) is 42.9 Å². The van der Waals surface area contributed by atoms with Crippen molar-refractivity contribution in [3.05, 3.63) is 24.3 Å². The summed E-state index contributed by atoms with van der Waals surface area (Å²) in [7, 11) is -3.52. The van der Waals surface area contributed by atoms with E-state index in [1.807, 2.05) is 18.2 Å². The van der Waals surface area contributed by atoms with Crippen LogP contribution in [0.3, 0.4) is 0 Å². The number of hydrogen-bond acceptors (Lipinski definition) is 3. The average molecular weight is 477 g/mol. The van der Waals surface area contributed by atoms with Gasteiger partial charge in [-0.3, -0.25) is 4.79 Å². The Balaban J connectivity index is 2.10. The Morgan fingerprint density at radius 2 is 2.00 bits per heavy atom. The largest absolute Gasteiger partial charge is 0.436 e. The standard InChI is InChI=1S/C20H33F3NO3Si3/c1-24(19(25)16-20(21,22)23)17-9-8-10-18(15-17)29(3,4)13-14-30(5)26-11-6-7-12-28(2)27-30/h8-10,15H,6-7,11-14,16H2,1-5H3. The number of carbonyl (C=O) groups is 1. The van der Waals surface area contributed by atoms with Crippen LogP contribution in [0.4, 0.5) is 18.9 Å². The van der Waals surface area contributed by atoms with Crippen molar-refractivity contribution in [1.82, 2.24) is 0 Å². The van der Waals surface area contributed by atoms with Crippen LogP contribution in [0.25, 0.3) is 0 Å². The van der Waals surface area contributed by atoms with Crippen molar-refractivity contribution in [2.45, 2.75) is 69.8 Å². The first-order chi connectivity index (χ1) is 13.8. The molecule has 1 fully saturated rings. The number of carbonyl (C=O) groups excluding carboxylic acids is 1. The summed E-state index contributed by atoms with van der Waals surface area (Å²) in [5.74, 6) is -0.951. The molecule has 4 nitrogen and oxygen atoms in total. The fraction of sp³-hybridized carbons (Fsp3) is 0.650. The molecule has 0 aromatic heterocycles. The molecular weight excluding hydrogens is 443 g/mol. The molecule has 169 valence electrons. The van der Waals surface area contributed by atoms with E-state index in [2.05, 4.69) is 26.2 Å². The molecule has 0 aliphatic carbocycles. The fourth-order valence-corrected chi connectivity index (χ4v) is 14.8. The predicted octanol–water partition coefficient (Wildman–Crippen LogP) is 5.04. The van der Waals surface area contributed by atoms with Gasteiger partial charge in [0.1, 0.15) is 6.42 Å². The summed E-state index contributed by atoms with van der Waals surface area (Å²) in [5.41, 5.74) is 0.503. The Labute approximate surface area is 181 Å². The first-order valence-corrected chi connectivity index (χ1v) is 18.3. The van der Waals surface area contributed by atoms with Crippen molar-refractivity contribution < 1.29 is 26.5 Å². The molecular formula is C20H33F3NO3Si3. The first-order valence-electron chi connectivity index (χ1n) is 10.4. The zero-order chi connectivity index (χ0) is 22.6. The summed E-state index contributed by atoms with van der Waals surface area (Å²) in [6, 6.07) is 10.5. The molecule has 1 atom stereocenters. The van der Waals surface area contributed by atoms with Crippen LogP contribution >= 0.6 is 0 Å². The topological polar surface area (TPSA) is 38.8 Å². The maximum absolute atomic E-state index is 12.6. The van der Waals surface area contributed by atoms with Crippen molar-refractivity contribution in [1.29, 1.82) is 0 Å². The zero-order valence-electron chi connectivity index (χ0n) is 18.6. The lowest BCUT2D eigenvalue weighted by Crippen LogP contribution is -2.48. The third-order valence-electron chi connectivity index (χ3n) is 5.67. The Hall–Kier alpha value is -0.949. The maximum Gasteiger partial charge on any atom is 0.397 e. The number of hydrogen-bond donors (Lipinski definition) is 0. The smallest absolute Gasteiger partial charge is 0.397 e. The molecule has 1 saturated heterocycles. The van der Waals surface area contributed by atoms with Crippen molar-refractivity contribution in [2.75, 3.05) is 18.6 Å². The zero-order valence-corrected chi connectivity index (χ0v) is 21.6. The van der Waals surface area contributed by atoms with E-state index in [1.54, 1.807) is 6.07 Å². The lowest BCUT2D eigenvalue weighted by atomic mass is 10.2. The quantitative estimate of drug-likeness (QED) is 0.540. The van der Waals surface area contributed by atoms with Crippen LogP contribution in [-0.2, 0) is 13.3 Å². The lowest BCUT2D eigenvalue weighted by Gasteiger charge is -2.34. The lowest BCUT2D eigenvalue weighted by molar-refractivity contribution is -0.151. The minimum atomic E-state index is -4.51. The Morgan fingerprint density at radius 3 is 2.67 bits per heavy atom. The summed E-state index contributed by atoms with van der Waals surface area (Å²) in [5, 5.41) is 1.12. The summed E-state index contributed by atoms with van der Waals surface area (Å²) >= 11 is 0. The highest BCUT2D eigenvalue weighted by Gasteiger charge is 2.38. The van der Waals surface area contributed by atoms with Gasteiger partial charge in [-0.2, -0.15) is 13.2 Å². The molecule has 10 heteroatoms. The van der Waals surface area contributed by atoms with Crippen molar-refractivity contribution in [3.63, 3.8) is 0 Å². The molecule has 1 aliphatic rings. The van der Waals surface area contributed by atoms with Crippen LogP contribution in [0.15, 0.2) is 24.3 Å². The molecule has 0 N–H and O–H groups in total. The molecule has 0 bridgehead atoms. The van der Waals surface area contributed by atoms with Crippen LogP contribution in [0, 0.1) is 0 Å². The highest BCUT2D eigenvalue weighted by molar-refractivity contribution is 6.91. The average Bonchev–Trinajstić information content (AvgIpc) is 2.63. The molecule has 1 amide bonds. The monoisotopic (exact) mass is 476 g/mol. The van der Waals surface area contributed by atoms with Crippen LogP contribution in [0.5, 0.6) is 0 Å².